The lowest BCUT2D eigenvalue weighted by Crippen LogP contribution is -2.50. The Balaban J connectivity index is 1.84. The lowest BCUT2D eigenvalue weighted by Gasteiger charge is -2.31. The van der Waals surface area contributed by atoms with Crippen LogP contribution in [0.5, 0.6) is 5.75 Å². The van der Waals surface area contributed by atoms with E-state index in [1.54, 1.807) is 23.8 Å². The van der Waals surface area contributed by atoms with E-state index in [9.17, 15) is 9.59 Å². The maximum atomic E-state index is 13.7. The number of unbranched alkanes of at least 4 members (excludes halogenated alkanes) is 1. The number of carbonyl (C=O) groups excluding carboxylic acids is 2. The molecule has 2 amide bonds. The Morgan fingerprint density at radius 2 is 1.73 bits per heavy atom. The molecule has 196 valence electrons. The molecular weight excluding hydrogens is 504 g/mol. The molecule has 3 aromatic rings. The van der Waals surface area contributed by atoms with Crippen molar-refractivity contribution in [3.63, 3.8) is 0 Å². The number of halogens is 1. The monoisotopic (exact) mass is 538 g/mol. The Kier molecular flexibility index (Phi) is 11.9. The number of nitrogens with zero attached hydrogens (tertiary/aromatic N) is 1. The Labute approximate surface area is 229 Å². The number of methoxy groups -OCH3 is 1. The van der Waals surface area contributed by atoms with Gasteiger partial charge in [0.25, 0.3) is 0 Å². The van der Waals surface area contributed by atoms with Gasteiger partial charge in [0, 0.05) is 41.6 Å². The molecule has 0 bridgehead atoms. The van der Waals surface area contributed by atoms with Crippen LogP contribution < -0.4 is 10.1 Å². The minimum absolute atomic E-state index is 0.0594. The van der Waals surface area contributed by atoms with Crippen LogP contribution in [0.2, 0.25) is 5.02 Å². The molecule has 37 heavy (non-hydrogen) atoms. The summed E-state index contributed by atoms with van der Waals surface area (Å²) in [4.78, 5) is 29.9. The van der Waals surface area contributed by atoms with Crippen molar-refractivity contribution in [1.29, 1.82) is 0 Å². The van der Waals surface area contributed by atoms with Crippen molar-refractivity contribution < 1.29 is 14.3 Å². The van der Waals surface area contributed by atoms with Gasteiger partial charge < -0.3 is 15.0 Å². The zero-order valence-electron chi connectivity index (χ0n) is 21.5. The van der Waals surface area contributed by atoms with Gasteiger partial charge >= 0.3 is 0 Å². The van der Waals surface area contributed by atoms with Crippen LogP contribution in [0.4, 0.5) is 0 Å². The highest BCUT2D eigenvalue weighted by Crippen LogP contribution is 2.23. The number of hydrogen-bond acceptors (Lipinski definition) is 4. The zero-order chi connectivity index (χ0) is 26.5. The predicted octanol–water partition coefficient (Wildman–Crippen LogP) is 6.39. The summed E-state index contributed by atoms with van der Waals surface area (Å²) in [6.45, 7) is 3.00. The molecule has 1 unspecified atom stereocenters. The second-order valence-corrected chi connectivity index (χ2v) is 10.4. The first kappa shape index (κ1) is 28.6. The van der Waals surface area contributed by atoms with E-state index in [1.165, 1.54) is 0 Å². The maximum absolute atomic E-state index is 13.7. The maximum Gasteiger partial charge on any atom is 0.243 e. The fourth-order valence-corrected chi connectivity index (χ4v) is 4.93. The average molecular weight is 539 g/mol. The summed E-state index contributed by atoms with van der Waals surface area (Å²) in [5, 5.41) is 3.74. The van der Waals surface area contributed by atoms with Crippen LogP contribution >= 0.6 is 23.4 Å². The smallest absolute Gasteiger partial charge is 0.243 e. The van der Waals surface area contributed by atoms with Gasteiger partial charge in [-0.1, -0.05) is 67.4 Å². The summed E-state index contributed by atoms with van der Waals surface area (Å²) < 4.78 is 5.39. The van der Waals surface area contributed by atoms with Crippen molar-refractivity contribution in [3.8, 4) is 5.75 Å². The molecule has 3 rings (SSSR count). The molecule has 0 aliphatic rings. The predicted molar refractivity (Wildman–Crippen MR) is 152 cm³/mol. The third-order valence-corrected chi connectivity index (χ3v) is 7.25. The van der Waals surface area contributed by atoms with Crippen LogP contribution in [0.15, 0.2) is 83.8 Å². The zero-order valence-corrected chi connectivity index (χ0v) is 23.1. The summed E-state index contributed by atoms with van der Waals surface area (Å²) in [5.74, 6) is 1.13. The van der Waals surface area contributed by atoms with Gasteiger partial charge in [-0.2, -0.15) is 0 Å². The van der Waals surface area contributed by atoms with E-state index in [4.69, 9.17) is 16.3 Å². The van der Waals surface area contributed by atoms with Crippen LogP contribution in [0.3, 0.4) is 0 Å². The van der Waals surface area contributed by atoms with Gasteiger partial charge in [-0.05, 0) is 53.9 Å². The number of benzene rings is 3. The molecule has 0 spiro atoms. The molecule has 0 radical (unpaired) electrons. The Morgan fingerprint density at radius 3 is 2.43 bits per heavy atom. The highest BCUT2D eigenvalue weighted by Gasteiger charge is 2.30. The first-order chi connectivity index (χ1) is 18.0. The molecule has 1 N–H and O–H groups in total. The van der Waals surface area contributed by atoms with Crippen molar-refractivity contribution >= 4 is 35.2 Å². The fourth-order valence-electron chi connectivity index (χ4n) is 3.96. The third kappa shape index (κ3) is 9.45. The number of thioether (sulfide) groups is 1. The normalized spacial score (nSPS) is 11.5. The van der Waals surface area contributed by atoms with E-state index in [1.807, 2.05) is 78.9 Å². The second kappa shape index (κ2) is 15.3. The van der Waals surface area contributed by atoms with Gasteiger partial charge in [-0.3, -0.25) is 9.59 Å². The van der Waals surface area contributed by atoms with E-state index >= 15 is 0 Å². The van der Waals surface area contributed by atoms with Gasteiger partial charge in [0.05, 0.1) is 7.11 Å². The van der Waals surface area contributed by atoms with Crippen molar-refractivity contribution in [2.75, 3.05) is 19.4 Å². The molecule has 3 aromatic carbocycles. The summed E-state index contributed by atoms with van der Waals surface area (Å²) in [7, 11) is 1.62. The molecule has 0 saturated carbocycles. The lowest BCUT2D eigenvalue weighted by atomic mass is 10.0. The van der Waals surface area contributed by atoms with Crippen molar-refractivity contribution in [2.45, 2.75) is 50.1 Å². The number of rotatable bonds is 14. The Hall–Kier alpha value is -2.96. The Morgan fingerprint density at radius 1 is 1.00 bits per heavy atom. The first-order valence-electron chi connectivity index (χ1n) is 12.6. The molecule has 0 saturated heterocycles. The number of nitrogens with one attached hydrogen (secondary N) is 1. The molecule has 0 fully saturated rings. The molecule has 1 atom stereocenters. The Bertz CT molecular complexity index is 1130. The molecule has 0 aliphatic carbocycles. The minimum atomic E-state index is -0.626. The van der Waals surface area contributed by atoms with Gasteiger partial charge in [0.2, 0.25) is 11.8 Å². The van der Waals surface area contributed by atoms with Crippen molar-refractivity contribution in [2.24, 2.45) is 0 Å². The fraction of sp³-hybridized carbons (Fsp3) is 0.333. The quantitative estimate of drug-likeness (QED) is 0.191. The van der Waals surface area contributed by atoms with Crippen LogP contribution in [-0.4, -0.2) is 42.2 Å². The molecule has 0 aromatic heterocycles. The van der Waals surface area contributed by atoms with Crippen LogP contribution in [0.25, 0.3) is 0 Å². The number of hydrogen-bond donors (Lipinski definition) is 1. The van der Waals surface area contributed by atoms with E-state index in [0.717, 1.165) is 34.6 Å². The number of ether oxygens (including phenoxy) is 1. The van der Waals surface area contributed by atoms with E-state index in [-0.39, 0.29) is 11.8 Å². The summed E-state index contributed by atoms with van der Waals surface area (Å²) in [5.41, 5.74) is 1.93. The van der Waals surface area contributed by atoms with Crippen molar-refractivity contribution in [3.05, 3.63) is 95.0 Å². The molecule has 0 aliphatic heterocycles. The number of amides is 2. The number of carbonyl (C=O) groups is 2. The molecule has 0 heterocycles. The molecule has 5 nitrogen and oxygen atoms in total. The lowest BCUT2D eigenvalue weighted by molar-refractivity contribution is -0.141. The SMILES string of the molecule is CCCCNC(=O)C(Cc1ccccc1)N(Cc1cccc(OC)c1)C(=O)CCSc1ccc(Cl)cc1. The van der Waals surface area contributed by atoms with Gasteiger partial charge in [-0.25, -0.2) is 0 Å². The molecular formula is C30H35ClN2O3S. The summed E-state index contributed by atoms with van der Waals surface area (Å²) in [6, 6.07) is 24.5. The van der Waals surface area contributed by atoms with E-state index in [2.05, 4.69) is 12.2 Å². The summed E-state index contributed by atoms with van der Waals surface area (Å²) >= 11 is 7.60. The first-order valence-corrected chi connectivity index (χ1v) is 14.0. The largest absolute Gasteiger partial charge is 0.497 e. The van der Waals surface area contributed by atoms with Crippen LogP contribution in [0.1, 0.15) is 37.3 Å². The highest BCUT2D eigenvalue weighted by atomic mass is 35.5. The second-order valence-electron chi connectivity index (χ2n) is 8.78. The van der Waals surface area contributed by atoms with Crippen LogP contribution in [0, 0.1) is 0 Å². The molecule has 7 heteroatoms. The minimum Gasteiger partial charge on any atom is -0.497 e. The van der Waals surface area contributed by atoms with Gasteiger partial charge in [0.1, 0.15) is 11.8 Å². The van der Waals surface area contributed by atoms with Gasteiger partial charge in [0.15, 0.2) is 0 Å². The van der Waals surface area contributed by atoms with E-state index < -0.39 is 6.04 Å². The van der Waals surface area contributed by atoms with E-state index in [0.29, 0.717) is 36.7 Å². The topological polar surface area (TPSA) is 58.6 Å². The van der Waals surface area contributed by atoms with Crippen LogP contribution in [-0.2, 0) is 22.6 Å². The third-order valence-electron chi connectivity index (χ3n) is 5.99. The van der Waals surface area contributed by atoms with Gasteiger partial charge in [-0.15, -0.1) is 11.8 Å². The average Bonchev–Trinajstić information content (AvgIpc) is 2.92. The van der Waals surface area contributed by atoms with Crippen molar-refractivity contribution in [1.82, 2.24) is 10.2 Å². The standard InChI is InChI=1S/C30H35ClN2O3S/c1-3-4-18-32-30(35)28(21-23-9-6-5-7-10-23)33(22-24-11-8-12-26(20-24)36-2)29(34)17-19-37-27-15-13-25(31)14-16-27/h5-16,20,28H,3-4,17-19,21-22H2,1-2H3,(H,32,35). The summed E-state index contributed by atoms with van der Waals surface area (Å²) in [6.07, 6.45) is 2.63. The highest BCUT2D eigenvalue weighted by molar-refractivity contribution is 7.99.